The molecule has 27 heavy (non-hydrogen) atoms. The van der Waals surface area contributed by atoms with Gasteiger partial charge < -0.3 is 9.47 Å². The second-order valence-corrected chi connectivity index (χ2v) is 8.21. The van der Waals surface area contributed by atoms with E-state index in [9.17, 15) is 9.18 Å². The average molecular weight is 365 g/mol. The number of fused-ring (bicyclic) bond motifs is 1. The van der Waals surface area contributed by atoms with Crippen molar-refractivity contribution in [2.24, 2.45) is 0 Å². The number of rotatable bonds is 3. The first kappa shape index (κ1) is 17.7. The van der Waals surface area contributed by atoms with Crippen molar-refractivity contribution in [2.75, 3.05) is 6.54 Å². The van der Waals surface area contributed by atoms with Crippen LogP contribution < -0.4 is 0 Å². The highest BCUT2D eigenvalue weighted by Crippen LogP contribution is 2.34. The van der Waals surface area contributed by atoms with Crippen molar-refractivity contribution in [3.8, 4) is 0 Å². The highest BCUT2D eigenvalue weighted by molar-refractivity contribution is 5.81. The normalized spacial score (nSPS) is 17.9. The number of imidazole rings is 1. The zero-order valence-corrected chi connectivity index (χ0v) is 15.9. The number of likely N-dealkylation sites (tertiary alicyclic amines) is 1. The van der Waals surface area contributed by atoms with Gasteiger partial charge in [-0.25, -0.2) is 9.37 Å². The molecule has 3 aromatic rings. The molecular formula is C22H24FN3O. The molecule has 4 nitrogen and oxygen atoms in total. The van der Waals surface area contributed by atoms with E-state index in [1.807, 2.05) is 35.2 Å². The van der Waals surface area contributed by atoms with Crippen LogP contribution >= 0.6 is 0 Å². The van der Waals surface area contributed by atoms with Gasteiger partial charge in [0.15, 0.2) is 0 Å². The number of hydrogen-bond donors (Lipinski definition) is 0. The predicted octanol–water partition coefficient (Wildman–Crippen LogP) is 4.34. The fourth-order valence-corrected chi connectivity index (χ4v) is 3.90. The topological polar surface area (TPSA) is 38.1 Å². The maximum absolute atomic E-state index is 14.3. The van der Waals surface area contributed by atoms with Crippen LogP contribution in [0.3, 0.4) is 0 Å². The second-order valence-electron chi connectivity index (χ2n) is 8.21. The van der Waals surface area contributed by atoms with Crippen molar-refractivity contribution in [3.63, 3.8) is 0 Å². The van der Waals surface area contributed by atoms with Gasteiger partial charge in [-0.3, -0.25) is 4.79 Å². The third-order valence-corrected chi connectivity index (χ3v) is 5.27. The van der Waals surface area contributed by atoms with E-state index in [-0.39, 0.29) is 23.2 Å². The maximum Gasteiger partial charge on any atom is 0.223 e. The van der Waals surface area contributed by atoms with Gasteiger partial charge in [-0.05, 0) is 39.0 Å². The van der Waals surface area contributed by atoms with E-state index in [2.05, 4.69) is 25.3 Å². The van der Waals surface area contributed by atoms with Crippen LogP contribution in [0.15, 0.2) is 48.5 Å². The molecule has 2 aromatic carbocycles. The number of aromatic nitrogens is 2. The Kier molecular flexibility index (Phi) is 4.25. The summed E-state index contributed by atoms with van der Waals surface area (Å²) in [5, 5.41) is 0. The Bertz CT molecular complexity index is 1000. The molecule has 0 radical (unpaired) electrons. The van der Waals surface area contributed by atoms with Crippen LogP contribution in [-0.2, 0) is 11.3 Å². The van der Waals surface area contributed by atoms with E-state index in [0.717, 1.165) is 16.9 Å². The Balaban J connectivity index is 1.77. The number of carbonyl (C=O) groups excluding carboxylic acids is 1. The molecule has 5 heteroatoms. The number of halogens is 1. The number of hydrogen-bond acceptors (Lipinski definition) is 2. The number of nitrogens with zero attached hydrogens (tertiary/aromatic N) is 3. The predicted molar refractivity (Wildman–Crippen MR) is 104 cm³/mol. The third kappa shape index (κ3) is 3.22. The lowest BCUT2D eigenvalue weighted by molar-refractivity contribution is -0.131. The highest BCUT2D eigenvalue weighted by atomic mass is 19.1. The van der Waals surface area contributed by atoms with E-state index >= 15 is 0 Å². The summed E-state index contributed by atoms with van der Waals surface area (Å²) in [6.07, 6.45) is 0.442. The van der Waals surface area contributed by atoms with Crippen LogP contribution in [0.4, 0.5) is 4.39 Å². The van der Waals surface area contributed by atoms with E-state index < -0.39 is 0 Å². The summed E-state index contributed by atoms with van der Waals surface area (Å²) in [6, 6.07) is 14.7. The third-order valence-electron chi connectivity index (χ3n) is 5.27. The largest absolute Gasteiger partial charge is 0.337 e. The Labute approximate surface area is 158 Å². The van der Waals surface area contributed by atoms with Gasteiger partial charge in [0.2, 0.25) is 5.91 Å². The molecule has 1 amide bonds. The van der Waals surface area contributed by atoms with Crippen LogP contribution in [-0.4, -0.2) is 32.4 Å². The van der Waals surface area contributed by atoms with Crippen LogP contribution in [0.1, 0.15) is 44.5 Å². The van der Waals surface area contributed by atoms with Crippen molar-refractivity contribution >= 4 is 16.9 Å². The first-order chi connectivity index (χ1) is 12.8. The Morgan fingerprint density at radius 2 is 1.81 bits per heavy atom. The average Bonchev–Trinajstić information content (AvgIpc) is 3.18. The number of carbonyl (C=O) groups is 1. The molecule has 1 atom stereocenters. The van der Waals surface area contributed by atoms with Gasteiger partial charge in [0.25, 0.3) is 0 Å². The zero-order chi connectivity index (χ0) is 19.2. The molecule has 0 spiro atoms. The molecule has 1 aliphatic heterocycles. The fraction of sp³-hybridized carbons (Fsp3) is 0.364. The highest BCUT2D eigenvalue weighted by Gasteiger charge is 2.39. The van der Waals surface area contributed by atoms with Crippen molar-refractivity contribution in [2.45, 2.75) is 45.2 Å². The molecule has 0 saturated carbocycles. The van der Waals surface area contributed by atoms with E-state index in [1.54, 1.807) is 12.1 Å². The summed E-state index contributed by atoms with van der Waals surface area (Å²) in [6.45, 7) is 7.20. The Morgan fingerprint density at radius 1 is 1.11 bits per heavy atom. The number of para-hydroxylation sites is 2. The van der Waals surface area contributed by atoms with Gasteiger partial charge >= 0.3 is 0 Å². The summed E-state index contributed by atoms with van der Waals surface area (Å²) in [4.78, 5) is 19.3. The molecule has 1 fully saturated rings. The minimum atomic E-state index is -0.222. The molecule has 0 bridgehead atoms. The Morgan fingerprint density at radius 3 is 2.52 bits per heavy atom. The first-order valence-corrected chi connectivity index (χ1v) is 9.33. The molecular weight excluding hydrogens is 341 g/mol. The van der Waals surface area contributed by atoms with E-state index in [0.29, 0.717) is 25.1 Å². The molecule has 1 aromatic heterocycles. The molecule has 2 heterocycles. The molecule has 0 unspecified atom stereocenters. The molecule has 140 valence electrons. The van der Waals surface area contributed by atoms with Crippen molar-refractivity contribution in [1.82, 2.24) is 14.5 Å². The molecule has 1 aliphatic rings. The summed E-state index contributed by atoms with van der Waals surface area (Å²) in [5.74, 6) is 0.799. The standard InChI is InChI=1S/C22H24FN3O/c1-22(2,3)26-14-16(12-20(26)27)21-24-18-10-6-7-11-19(18)25(21)13-15-8-4-5-9-17(15)23/h4-11,16H,12-14H2,1-3H3/t16-/m1/s1. The van der Waals surface area contributed by atoms with E-state index in [1.165, 1.54) is 6.07 Å². The number of benzene rings is 2. The van der Waals surface area contributed by atoms with Crippen LogP contribution in [0.25, 0.3) is 11.0 Å². The van der Waals surface area contributed by atoms with Crippen molar-refractivity contribution in [1.29, 1.82) is 0 Å². The van der Waals surface area contributed by atoms with Gasteiger partial charge in [0.05, 0.1) is 17.6 Å². The summed E-state index contributed by atoms with van der Waals surface area (Å²) in [7, 11) is 0. The van der Waals surface area contributed by atoms with Gasteiger partial charge in [0, 0.05) is 30.0 Å². The lowest BCUT2D eigenvalue weighted by atomic mass is 10.1. The minimum absolute atomic E-state index is 0.0101. The molecule has 1 saturated heterocycles. The van der Waals surface area contributed by atoms with Gasteiger partial charge in [-0.2, -0.15) is 0 Å². The number of amides is 1. The Hall–Kier alpha value is -2.69. The van der Waals surface area contributed by atoms with Crippen LogP contribution in [0.5, 0.6) is 0 Å². The summed E-state index contributed by atoms with van der Waals surface area (Å²) in [5.41, 5.74) is 2.26. The lowest BCUT2D eigenvalue weighted by Gasteiger charge is -2.32. The quantitative estimate of drug-likeness (QED) is 0.693. The first-order valence-electron chi connectivity index (χ1n) is 9.33. The monoisotopic (exact) mass is 365 g/mol. The molecule has 0 N–H and O–H groups in total. The lowest BCUT2D eigenvalue weighted by Crippen LogP contribution is -2.42. The van der Waals surface area contributed by atoms with Gasteiger partial charge in [-0.15, -0.1) is 0 Å². The smallest absolute Gasteiger partial charge is 0.223 e. The van der Waals surface area contributed by atoms with E-state index in [4.69, 9.17) is 4.98 Å². The van der Waals surface area contributed by atoms with Gasteiger partial charge in [0.1, 0.15) is 11.6 Å². The van der Waals surface area contributed by atoms with Gasteiger partial charge in [-0.1, -0.05) is 30.3 Å². The summed E-state index contributed by atoms with van der Waals surface area (Å²) >= 11 is 0. The summed E-state index contributed by atoms with van der Waals surface area (Å²) < 4.78 is 16.3. The van der Waals surface area contributed by atoms with Crippen molar-refractivity contribution in [3.05, 3.63) is 65.7 Å². The second kappa shape index (κ2) is 6.48. The van der Waals surface area contributed by atoms with Crippen LogP contribution in [0, 0.1) is 5.82 Å². The molecule has 4 rings (SSSR count). The van der Waals surface area contributed by atoms with Crippen LogP contribution in [0.2, 0.25) is 0 Å². The molecule has 0 aliphatic carbocycles. The SMILES string of the molecule is CC(C)(C)N1C[C@H](c2nc3ccccc3n2Cc2ccccc2F)CC1=O. The fourth-order valence-electron chi connectivity index (χ4n) is 3.90. The zero-order valence-electron chi connectivity index (χ0n) is 15.9. The van der Waals surface area contributed by atoms with Crippen molar-refractivity contribution < 1.29 is 9.18 Å². The maximum atomic E-state index is 14.3. The minimum Gasteiger partial charge on any atom is -0.337 e.